The zero-order valence-electron chi connectivity index (χ0n) is 9.61. The lowest BCUT2D eigenvalue weighted by Gasteiger charge is -2.37. The Morgan fingerprint density at radius 1 is 1.56 bits per heavy atom. The summed E-state index contributed by atoms with van der Waals surface area (Å²) < 4.78 is 0. The van der Waals surface area contributed by atoms with Crippen LogP contribution in [0.2, 0.25) is 0 Å². The van der Waals surface area contributed by atoms with Gasteiger partial charge < -0.3 is 21.1 Å². The Kier molecular flexibility index (Phi) is 3.31. The highest BCUT2D eigenvalue weighted by Crippen LogP contribution is 2.25. The molecule has 2 rings (SSSR count). The highest BCUT2D eigenvalue weighted by molar-refractivity contribution is 5.60. The van der Waals surface area contributed by atoms with Crippen molar-refractivity contribution in [2.24, 2.45) is 0 Å². The van der Waals surface area contributed by atoms with E-state index in [9.17, 15) is 5.11 Å². The Bertz CT molecular complexity index is 367. The van der Waals surface area contributed by atoms with E-state index in [1.165, 1.54) is 0 Å². The molecule has 1 fully saturated rings. The topological polar surface area (TPSA) is 61.5 Å². The number of nitrogens with two attached hydrogens (primary N) is 1. The number of nitrogens with one attached hydrogen (secondary N) is 1. The predicted molar refractivity (Wildman–Crippen MR) is 66.5 cm³/mol. The second-order valence-corrected chi connectivity index (χ2v) is 4.29. The zero-order chi connectivity index (χ0) is 11.5. The molecule has 0 amide bonds. The van der Waals surface area contributed by atoms with E-state index in [0.717, 1.165) is 30.9 Å². The number of aliphatic hydroxyl groups excluding tert-OH is 1. The number of hydrogen-bond acceptors (Lipinski definition) is 4. The van der Waals surface area contributed by atoms with Crippen LogP contribution in [0.5, 0.6) is 0 Å². The van der Waals surface area contributed by atoms with Crippen molar-refractivity contribution in [3.05, 3.63) is 23.8 Å². The van der Waals surface area contributed by atoms with Crippen molar-refractivity contribution in [1.82, 2.24) is 5.32 Å². The number of benzene rings is 1. The van der Waals surface area contributed by atoms with Crippen LogP contribution in [0.1, 0.15) is 12.5 Å². The van der Waals surface area contributed by atoms with E-state index >= 15 is 0 Å². The Labute approximate surface area is 96.1 Å². The van der Waals surface area contributed by atoms with E-state index in [4.69, 9.17) is 5.73 Å². The van der Waals surface area contributed by atoms with Crippen LogP contribution in [0, 0.1) is 0 Å². The smallest absolute Gasteiger partial charge is 0.0702 e. The molecule has 4 nitrogen and oxygen atoms in total. The molecule has 1 saturated heterocycles. The quantitative estimate of drug-likeness (QED) is 0.639. The minimum Gasteiger partial charge on any atom is -0.399 e. The molecule has 4 heteroatoms. The molecule has 4 N–H and O–H groups in total. The van der Waals surface area contributed by atoms with E-state index in [-0.39, 0.29) is 6.61 Å². The first-order valence-electron chi connectivity index (χ1n) is 5.69. The lowest BCUT2D eigenvalue weighted by atomic mass is 10.1. The normalized spacial score (nSPS) is 21.1. The number of hydrogen-bond donors (Lipinski definition) is 3. The Morgan fingerprint density at radius 2 is 2.38 bits per heavy atom. The van der Waals surface area contributed by atoms with E-state index < -0.39 is 0 Å². The summed E-state index contributed by atoms with van der Waals surface area (Å²) in [5.41, 5.74) is 8.44. The van der Waals surface area contributed by atoms with Gasteiger partial charge in [0, 0.05) is 42.6 Å². The van der Waals surface area contributed by atoms with E-state index in [0.29, 0.717) is 11.7 Å². The number of piperazine rings is 1. The molecule has 0 radical (unpaired) electrons. The zero-order valence-corrected chi connectivity index (χ0v) is 9.61. The van der Waals surface area contributed by atoms with Crippen molar-refractivity contribution in [3.8, 4) is 0 Å². The monoisotopic (exact) mass is 221 g/mol. The first-order valence-corrected chi connectivity index (χ1v) is 5.69. The summed E-state index contributed by atoms with van der Waals surface area (Å²) in [6, 6.07) is 6.19. The second-order valence-electron chi connectivity index (χ2n) is 4.29. The van der Waals surface area contributed by atoms with Gasteiger partial charge in [-0.1, -0.05) is 0 Å². The molecule has 1 aromatic rings. The fraction of sp³-hybridized carbons (Fsp3) is 0.500. The van der Waals surface area contributed by atoms with Gasteiger partial charge in [0.1, 0.15) is 0 Å². The molecular formula is C12H19N3O. The number of rotatable bonds is 2. The van der Waals surface area contributed by atoms with Crippen LogP contribution in [0.3, 0.4) is 0 Å². The van der Waals surface area contributed by atoms with Gasteiger partial charge in [-0.25, -0.2) is 0 Å². The van der Waals surface area contributed by atoms with Crippen LogP contribution >= 0.6 is 0 Å². The van der Waals surface area contributed by atoms with Crippen molar-refractivity contribution in [2.75, 3.05) is 30.3 Å². The van der Waals surface area contributed by atoms with Crippen molar-refractivity contribution >= 4 is 11.4 Å². The third-order valence-corrected chi connectivity index (χ3v) is 3.08. The maximum Gasteiger partial charge on any atom is 0.0702 e. The number of nitrogen functional groups attached to an aromatic ring is 1. The van der Waals surface area contributed by atoms with Gasteiger partial charge in [-0.3, -0.25) is 0 Å². The highest BCUT2D eigenvalue weighted by Gasteiger charge is 2.20. The third-order valence-electron chi connectivity index (χ3n) is 3.08. The van der Waals surface area contributed by atoms with Gasteiger partial charge in [0.15, 0.2) is 0 Å². The molecule has 1 atom stereocenters. The molecule has 1 aromatic carbocycles. The van der Waals surface area contributed by atoms with Crippen LogP contribution in [0.4, 0.5) is 11.4 Å². The lowest BCUT2D eigenvalue weighted by molar-refractivity contribution is 0.281. The van der Waals surface area contributed by atoms with Gasteiger partial charge in [-0.15, -0.1) is 0 Å². The van der Waals surface area contributed by atoms with Crippen molar-refractivity contribution in [1.29, 1.82) is 0 Å². The lowest BCUT2D eigenvalue weighted by Crippen LogP contribution is -2.50. The van der Waals surface area contributed by atoms with Gasteiger partial charge >= 0.3 is 0 Å². The van der Waals surface area contributed by atoms with Gasteiger partial charge in [-0.05, 0) is 25.1 Å². The van der Waals surface area contributed by atoms with E-state index in [2.05, 4.69) is 17.1 Å². The van der Waals surface area contributed by atoms with E-state index in [1.54, 1.807) is 0 Å². The Balaban J connectivity index is 2.30. The van der Waals surface area contributed by atoms with Crippen LogP contribution in [-0.2, 0) is 6.61 Å². The van der Waals surface area contributed by atoms with Crippen molar-refractivity contribution in [2.45, 2.75) is 19.6 Å². The SMILES string of the molecule is C[C@H]1CNCCN1c1ccc(N)cc1CO. The summed E-state index contributed by atoms with van der Waals surface area (Å²) in [5, 5.41) is 12.7. The number of aliphatic hydroxyl groups is 1. The fourth-order valence-electron chi connectivity index (χ4n) is 2.21. The van der Waals surface area contributed by atoms with Gasteiger partial charge in [0.25, 0.3) is 0 Å². The molecule has 0 bridgehead atoms. The van der Waals surface area contributed by atoms with Crippen LogP contribution < -0.4 is 16.0 Å². The van der Waals surface area contributed by atoms with Gasteiger partial charge in [-0.2, -0.15) is 0 Å². The second kappa shape index (κ2) is 4.72. The molecule has 0 saturated carbocycles. The number of nitrogens with zero attached hydrogens (tertiary/aromatic N) is 1. The van der Waals surface area contributed by atoms with Gasteiger partial charge in [0.2, 0.25) is 0 Å². The van der Waals surface area contributed by atoms with Crippen molar-refractivity contribution in [3.63, 3.8) is 0 Å². The first kappa shape index (κ1) is 11.2. The van der Waals surface area contributed by atoms with Gasteiger partial charge in [0.05, 0.1) is 6.61 Å². The fourth-order valence-corrected chi connectivity index (χ4v) is 2.21. The summed E-state index contributed by atoms with van der Waals surface area (Å²) in [4.78, 5) is 2.32. The largest absolute Gasteiger partial charge is 0.399 e. The molecule has 1 aliphatic rings. The van der Waals surface area contributed by atoms with E-state index in [1.807, 2.05) is 18.2 Å². The van der Waals surface area contributed by atoms with Crippen LogP contribution in [-0.4, -0.2) is 30.8 Å². The molecule has 1 aliphatic heterocycles. The molecular weight excluding hydrogens is 202 g/mol. The maximum absolute atomic E-state index is 9.36. The molecule has 88 valence electrons. The van der Waals surface area contributed by atoms with Crippen molar-refractivity contribution < 1.29 is 5.11 Å². The van der Waals surface area contributed by atoms with Crippen LogP contribution in [0.25, 0.3) is 0 Å². The summed E-state index contributed by atoms with van der Waals surface area (Å²) >= 11 is 0. The predicted octanol–water partition coefficient (Wildman–Crippen LogP) is 0.559. The maximum atomic E-state index is 9.36. The minimum atomic E-state index is 0.0387. The third kappa shape index (κ3) is 2.13. The molecule has 16 heavy (non-hydrogen) atoms. The average molecular weight is 221 g/mol. The summed E-state index contributed by atoms with van der Waals surface area (Å²) in [6.45, 7) is 5.16. The minimum absolute atomic E-state index is 0.0387. The molecule has 0 aromatic heterocycles. The number of anilines is 2. The average Bonchev–Trinajstić information content (AvgIpc) is 2.30. The molecule has 0 spiro atoms. The van der Waals surface area contributed by atoms with Crippen LogP contribution in [0.15, 0.2) is 18.2 Å². The summed E-state index contributed by atoms with van der Waals surface area (Å²) in [6.07, 6.45) is 0. The molecule has 1 heterocycles. The highest BCUT2D eigenvalue weighted by atomic mass is 16.3. The first-order chi connectivity index (χ1) is 7.72. The summed E-state index contributed by atoms with van der Waals surface area (Å²) in [5.74, 6) is 0. The summed E-state index contributed by atoms with van der Waals surface area (Å²) in [7, 11) is 0. The molecule has 0 aliphatic carbocycles. The Hall–Kier alpha value is -1.26. The Morgan fingerprint density at radius 3 is 3.06 bits per heavy atom. The molecule has 0 unspecified atom stereocenters. The standard InChI is InChI=1S/C12H19N3O/c1-9-7-14-4-5-15(9)12-3-2-11(13)6-10(12)8-16/h2-3,6,9,14,16H,4-5,7-8,13H2,1H3/t9-/m0/s1.